The number of amides is 1. The van der Waals surface area contributed by atoms with E-state index in [0.29, 0.717) is 11.8 Å². The third kappa shape index (κ3) is 3.30. The highest BCUT2D eigenvalue weighted by Gasteiger charge is 2.36. The first-order valence-corrected chi connectivity index (χ1v) is 7.68. The molecular formula is C14H21ClN2OS. The van der Waals surface area contributed by atoms with Crippen LogP contribution in [0.2, 0.25) is 0 Å². The zero-order chi connectivity index (χ0) is 12.5. The standard InChI is InChI=1S/C14H20N2OS.ClH/c1-9(11-7-15-8-11)14(17)16-13(10-4-5-10)12-3-2-6-18-12;/h2-3,6,9-11,13,15H,4-5,7-8H2,1H3,(H,16,17);1H. The van der Waals surface area contributed by atoms with Gasteiger partial charge in [-0.2, -0.15) is 0 Å². The van der Waals surface area contributed by atoms with E-state index in [1.807, 2.05) is 0 Å². The molecule has 2 aliphatic rings. The lowest BCUT2D eigenvalue weighted by Crippen LogP contribution is -2.50. The average Bonchev–Trinajstić information content (AvgIpc) is 2.98. The van der Waals surface area contributed by atoms with Gasteiger partial charge in [0, 0.05) is 10.8 Å². The first-order chi connectivity index (χ1) is 8.75. The molecule has 0 bridgehead atoms. The number of carbonyl (C=O) groups excluding carboxylic acids is 1. The predicted molar refractivity (Wildman–Crippen MR) is 80.7 cm³/mol. The molecular weight excluding hydrogens is 280 g/mol. The Balaban J connectivity index is 0.00000133. The minimum Gasteiger partial charge on any atom is -0.348 e. The summed E-state index contributed by atoms with van der Waals surface area (Å²) in [5, 5.41) is 8.60. The van der Waals surface area contributed by atoms with Gasteiger partial charge in [-0.25, -0.2) is 0 Å². The van der Waals surface area contributed by atoms with Crippen molar-refractivity contribution in [1.29, 1.82) is 0 Å². The smallest absolute Gasteiger partial charge is 0.223 e. The lowest BCUT2D eigenvalue weighted by molar-refractivity contribution is -0.127. The molecule has 2 N–H and O–H groups in total. The molecule has 2 atom stereocenters. The molecule has 3 nitrogen and oxygen atoms in total. The molecule has 106 valence electrons. The fourth-order valence-electron chi connectivity index (χ4n) is 2.48. The van der Waals surface area contributed by atoms with E-state index in [9.17, 15) is 4.79 Å². The van der Waals surface area contributed by atoms with Crippen LogP contribution in [-0.2, 0) is 4.79 Å². The van der Waals surface area contributed by atoms with E-state index in [2.05, 4.69) is 35.1 Å². The second-order valence-corrected chi connectivity index (χ2v) is 6.53. The van der Waals surface area contributed by atoms with Gasteiger partial charge >= 0.3 is 0 Å². The zero-order valence-corrected chi connectivity index (χ0v) is 12.7. The van der Waals surface area contributed by atoms with Crippen LogP contribution in [0.3, 0.4) is 0 Å². The lowest BCUT2D eigenvalue weighted by atomic mass is 9.88. The zero-order valence-electron chi connectivity index (χ0n) is 11.1. The van der Waals surface area contributed by atoms with Crippen molar-refractivity contribution in [2.45, 2.75) is 25.8 Å². The Kier molecular flexibility index (Phi) is 4.87. The summed E-state index contributed by atoms with van der Waals surface area (Å²) in [4.78, 5) is 13.6. The van der Waals surface area contributed by atoms with Gasteiger partial charge in [0.15, 0.2) is 0 Å². The van der Waals surface area contributed by atoms with Gasteiger partial charge in [0.25, 0.3) is 0 Å². The molecule has 5 heteroatoms. The van der Waals surface area contributed by atoms with Crippen LogP contribution < -0.4 is 10.6 Å². The topological polar surface area (TPSA) is 41.1 Å². The monoisotopic (exact) mass is 300 g/mol. The van der Waals surface area contributed by atoms with Gasteiger partial charge in [-0.05, 0) is 49.2 Å². The third-order valence-electron chi connectivity index (χ3n) is 4.17. The second-order valence-electron chi connectivity index (χ2n) is 5.55. The van der Waals surface area contributed by atoms with Crippen LogP contribution in [0.5, 0.6) is 0 Å². The number of nitrogens with one attached hydrogen (secondary N) is 2. The van der Waals surface area contributed by atoms with Crippen molar-refractivity contribution in [2.75, 3.05) is 13.1 Å². The maximum absolute atomic E-state index is 12.3. The van der Waals surface area contributed by atoms with E-state index in [4.69, 9.17) is 0 Å². The number of thiophene rings is 1. The van der Waals surface area contributed by atoms with Gasteiger partial charge in [-0.3, -0.25) is 4.79 Å². The lowest BCUT2D eigenvalue weighted by Gasteiger charge is -2.32. The number of hydrogen-bond donors (Lipinski definition) is 2. The van der Waals surface area contributed by atoms with Crippen LogP contribution in [0, 0.1) is 17.8 Å². The Bertz CT molecular complexity index is 415. The van der Waals surface area contributed by atoms with Crippen molar-refractivity contribution < 1.29 is 4.79 Å². The van der Waals surface area contributed by atoms with E-state index in [-0.39, 0.29) is 30.3 Å². The number of carbonyl (C=O) groups is 1. The first-order valence-electron chi connectivity index (χ1n) is 6.80. The maximum Gasteiger partial charge on any atom is 0.223 e. The molecule has 3 rings (SSSR count). The molecule has 1 amide bonds. The van der Waals surface area contributed by atoms with E-state index in [1.165, 1.54) is 17.7 Å². The Morgan fingerprint density at radius 2 is 2.16 bits per heavy atom. The summed E-state index contributed by atoms with van der Waals surface area (Å²) in [6.07, 6.45) is 2.50. The fourth-order valence-corrected chi connectivity index (χ4v) is 3.35. The van der Waals surface area contributed by atoms with E-state index in [0.717, 1.165) is 13.1 Å². The summed E-state index contributed by atoms with van der Waals surface area (Å²) >= 11 is 1.75. The van der Waals surface area contributed by atoms with Crippen LogP contribution in [0.4, 0.5) is 0 Å². The van der Waals surface area contributed by atoms with Crippen molar-refractivity contribution in [3.05, 3.63) is 22.4 Å². The molecule has 2 unspecified atom stereocenters. The van der Waals surface area contributed by atoms with Gasteiger partial charge in [0.05, 0.1) is 6.04 Å². The van der Waals surface area contributed by atoms with Gasteiger partial charge in [0.2, 0.25) is 5.91 Å². The quantitative estimate of drug-likeness (QED) is 0.877. The molecule has 1 aromatic heterocycles. The van der Waals surface area contributed by atoms with E-state index >= 15 is 0 Å². The highest BCUT2D eigenvalue weighted by molar-refractivity contribution is 7.10. The summed E-state index contributed by atoms with van der Waals surface area (Å²) in [5.41, 5.74) is 0. The SMILES string of the molecule is CC(C(=O)NC(c1cccs1)C1CC1)C1CNC1.Cl. The van der Waals surface area contributed by atoms with Crippen LogP contribution in [0.15, 0.2) is 17.5 Å². The minimum absolute atomic E-state index is 0. The van der Waals surface area contributed by atoms with Gasteiger partial charge < -0.3 is 10.6 Å². The third-order valence-corrected chi connectivity index (χ3v) is 5.13. The Hall–Kier alpha value is -0.580. The Morgan fingerprint density at radius 3 is 2.63 bits per heavy atom. The van der Waals surface area contributed by atoms with E-state index < -0.39 is 0 Å². The molecule has 1 aliphatic carbocycles. The van der Waals surface area contributed by atoms with Crippen LogP contribution >= 0.6 is 23.7 Å². The van der Waals surface area contributed by atoms with Crippen LogP contribution in [0.1, 0.15) is 30.7 Å². The summed E-state index contributed by atoms with van der Waals surface area (Å²) in [7, 11) is 0. The average molecular weight is 301 g/mol. The molecule has 0 spiro atoms. The summed E-state index contributed by atoms with van der Waals surface area (Å²) in [6.45, 7) is 4.03. The highest BCUT2D eigenvalue weighted by atomic mass is 35.5. The Labute approximate surface area is 124 Å². The summed E-state index contributed by atoms with van der Waals surface area (Å²) < 4.78 is 0. The number of rotatable bonds is 5. The van der Waals surface area contributed by atoms with Crippen molar-refractivity contribution in [3.63, 3.8) is 0 Å². The van der Waals surface area contributed by atoms with E-state index in [1.54, 1.807) is 11.3 Å². The van der Waals surface area contributed by atoms with Gasteiger partial charge in [0.1, 0.15) is 0 Å². The molecule has 1 saturated heterocycles. The Morgan fingerprint density at radius 1 is 1.42 bits per heavy atom. The van der Waals surface area contributed by atoms with Crippen molar-refractivity contribution in [1.82, 2.24) is 10.6 Å². The van der Waals surface area contributed by atoms with Crippen LogP contribution in [-0.4, -0.2) is 19.0 Å². The van der Waals surface area contributed by atoms with Gasteiger partial charge in [-0.1, -0.05) is 13.0 Å². The summed E-state index contributed by atoms with van der Waals surface area (Å²) in [5.74, 6) is 1.55. The molecule has 2 fully saturated rings. The second kappa shape index (κ2) is 6.25. The fraction of sp³-hybridized carbons (Fsp3) is 0.643. The molecule has 2 heterocycles. The normalized spacial score (nSPS) is 21.9. The summed E-state index contributed by atoms with van der Waals surface area (Å²) in [6, 6.07) is 4.47. The number of halogens is 1. The maximum atomic E-state index is 12.3. The molecule has 0 aromatic carbocycles. The number of hydrogen-bond acceptors (Lipinski definition) is 3. The first kappa shape index (κ1) is 14.8. The van der Waals surface area contributed by atoms with Crippen molar-refractivity contribution >= 4 is 29.7 Å². The molecule has 1 saturated carbocycles. The molecule has 0 radical (unpaired) electrons. The van der Waals surface area contributed by atoms with Crippen molar-refractivity contribution in [3.8, 4) is 0 Å². The highest BCUT2D eigenvalue weighted by Crippen LogP contribution is 2.42. The minimum atomic E-state index is 0. The molecule has 1 aliphatic heterocycles. The largest absolute Gasteiger partial charge is 0.348 e. The predicted octanol–water partition coefficient (Wildman–Crippen LogP) is 2.59. The van der Waals surface area contributed by atoms with Crippen LogP contribution in [0.25, 0.3) is 0 Å². The molecule has 19 heavy (non-hydrogen) atoms. The molecule has 1 aromatic rings. The van der Waals surface area contributed by atoms with Crippen molar-refractivity contribution in [2.24, 2.45) is 17.8 Å². The van der Waals surface area contributed by atoms with Gasteiger partial charge in [-0.15, -0.1) is 23.7 Å².